The van der Waals surface area contributed by atoms with E-state index in [-0.39, 0.29) is 26.5 Å². The zero-order valence-corrected chi connectivity index (χ0v) is 31.7. The number of benzene rings is 4. The molecule has 0 saturated heterocycles. The first-order chi connectivity index (χ1) is 22.9. The van der Waals surface area contributed by atoms with Crippen molar-refractivity contribution in [3.05, 3.63) is 131 Å². The van der Waals surface area contributed by atoms with Crippen molar-refractivity contribution in [2.75, 3.05) is 0 Å². The van der Waals surface area contributed by atoms with E-state index in [0.717, 1.165) is 45.3 Å². The van der Waals surface area contributed by atoms with E-state index in [0.29, 0.717) is 17.4 Å². The predicted molar refractivity (Wildman–Crippen MR) is 197 cm³/mol. The maximum atomic E-state index is 6.59. The van der Waals surface area contributed by atoms with Crippen molar-refractivity contribution < 1.29 is 25.8 Å². The molecule has 0 saturated carbocycles. The Hall–Kier alpha value is -4.47. The fourth-order valence-corrected chi connectivity index (χ4v) is 6.87. The van der Waals surface area contributed by atoms with Crippen LogP contribution in [-0.2, 0) is 32.9 Å². The van der Waals surface area contributed by atoms with Crippen LogP contribution in [0.15, 0.2) is 91.4 Å². The van der Waals surface area contributed by atoms with Gasteiger partial charge in [0.15, 0.2) is 0 Å². The Morgan fingerprint density at radius 1 is 0.837 bits per heavy atom. The van der Waals surface area contributed by atoms with Crippen molar-refractivity contribution >= 4 is 21.8 Å². The zero-order valence-electron chi connectivity index (χ0n) is 29.5. The number of nitrogens with zero attached hydrogens (tertiary/aromatic N) is 4. The van der Waals surface area contributed by atoms with E-state index in [2.05, 4.69) is 145 Å². The van der Waals surface area contributed by atoms with E-state index in [1.807, 2.05) is 23.1 Å². The van der Waals surface area contributed by atoms with Gasteiger partial charge in [-0.2, -0.15) is 16.7 Å². The van der Waals surface area contributed by atoms with Gasteiger partial charge in [0.1, 0.15) is 5.82 Å². The SMILES string of the molecule is Cc1cc(C)c(-c2cnn(-c3[c-]c(Oc4[c-]c5c(cc4)c4ccccc4n5-c4cc(C(C)(C)C)ccn4)cc(CC(C)C)c3)c2)c(C)c1.[Pt+2]. The van der Waals surface area contributed by atoms with Crippen LogP contribution in [0.3, 0.4) is 0 Å². The van der Waals surface area contributed by atoms with Gasteiger partial charge in [0, 0.05) is 35.0 Å². The standard InChI is InChI=1S/C43H42N4O.Pt/c1-27(2)17-31-20-34(46-26-32(25-45-46)42-29(4)18-28(3)19-30(42)5)23-36(21-31)48-35-13-14-38-37-11-9-10-12-39(37)47(40(38)24-35)41-22-33(15-16-44-41)43(6,7)8;/h9-16,18-22,25-27H,17H2,1-8H3;/q-2;+2. The smallest absolute Gasteiger partial charge is 0.509 e. The largest absolute Gasteiger partial charge is 2.00 e. The third-order valence-electron chi connectivity index (χ3n) is 8.95. The van der Waals surface area contributed by atoms with Crippen LogP contribution in [0.1, 0.15) is 62.4 Å². The summed E-state index contributed by atoms with van der Waals surface area (Å²) in [6.45, 7) is 17.6. The topological polar surface area (TPSA) is 44.9 Å². The molecule has 0 spiro atoms. The summed E-state index contributed by atoms with van der Waals surface area (Å²) in [6, 6.07) is 32.7. The maximum absolute atomic E-state index is 6.59. The van der Waals surface area contributed by atoms with Crippen molar-refractivity contribution in [2.24, 2.45) is 5.92 Å². The van der Waals surface area contributed by atoms with Gasteiger partial charge in [-0.25, -0.2) is 4.98 Å². The minimum absolute atomic E-state index is 0. The molecular weight excluding hydrogens is 784 g/mol. The minimum Gasteiger partial charge on any atom is -0.509 e. The molecule has 0 atom stereocenters. The molecule has 3 aromatic heterocycles. The fourth-order valence-electron chi connectivity index (χ4n) is 6.87. The molecule has 0 fully saturated rings. The number of rotatable bonds is 7. The predicted octanol–water partition coefficient (Wildman–Crippen LogP) is 10.8. The second kappa shape index (κ2) is 13.4. The van der Waals surface area contributed by atoms with E-state index in [1.54, 1.807) is 0 Å². The monoisotopic (exact) mass is 825 g/mol. The second-order valence-corrected chi connectivity index (χ2v) is 14.5. The molecular formula is C43H42N4OPt. The van der Waals surface area contributed by atoms with Crippen molar-refractivity contribution in [1.29, 1.82) is 0 Å². The van der Waals surface area contributed by atoms with Crippen LogP contribution in [0.25, 0.3) is 44.4 Å². The van der Waals surface area contributed by atoms with Crippen LogP contribution in [0.5, 0.6) is 11.5 Å². The molecule has 0 N–H and O–H groups in total. The van der Waals surface area contributed by atoms with Crippen molar-refractivity contribution in [1.82, 2.24) is 19.3 Å². The molecule has 7 aromatic rings. The average Bonchev–Trinajstić information content (AvgIpc) is 3.63. The van der Waals surface area contributed by atoms with Crippen LogP contribution in [0.4, 0.5) is 0 Å². The fraction of sp³-hybridized carbons (Fsp3) is 0.256. The number of fused-ring (bicyclic) bond motifs is 3. The molecule has 0 aliphatic rings. The Morgan fingerprint density at radius 2 is 1.59 bits per heavy atom. The zero-order chi connectivity index (χ0) is 33.7. The number of ether oxygens (including phenoxy) is 1. The van der Waals surface area contributed by atoms with Gasteiger partial charge in [0.05, 0.1) is 6.20 Å². The number of aryl methyl sites for hydroxylation is 3. The third kappa shape index (κ3) is 6.87. The summed E-state index contributed by atoms with van der Waals surface area (Å²) in [5.41, 5.74) is 11.3. The molecule has 0 radical (unpaired) electrons. The van der Waals surface area contributed by atoms with Crippen molar-refractivity contribution in [3.63, 3.8) is 0 Å². The van der Waals surface area contributed by atoms with Crippen LogP contribution in [0, 0.1) is 38.8 Å². The van der Waals surface area contributed by atoms with Crippen molar-refractivity contribution in [2.45, 2.75) is 67.2 Å². The van der Waals surface area contributed by atoms with Gasteiger partial charge in [-0.05, 0) is 90.1 Å². The molecule has 5 nitrogen and oxygen atoms in total. The molecule has 0 amide bonds. The van der Waals surface area contributed by atoms with E-state index in [4.69, 9.17) is 14.8 Å². The second-order valence-electron chi connectivity index (χ2n) is 14.5. The van der Waals surface area contributed by atoms with Crippen LogP contribution in [-0.4, -0.2) is 19.3 Å². The number of pyridine rings is 1. The Labute approximate surface area is 304 Å². The molecule has 7 rings (SSSR count). The van der Waals surface area contributed by atoms with Gasteiger partial charge in [-0.3, -0.25) is 4.68 Å². The number of hydrogen-bond donors (Lipinski definition) is 0. The molecule has 0 aliphatic heterocycles. The first kappa shape index (κ1) is 34.4. The Morgan fingerprint density at radius 3 is 2.33 bits per heavy atom. The molecule has 0 unspecified atom stereocenters. The number of hydrogen-bond acceptors (Lipinski definition) is 3. The summed E-state index contributed by atoms with van der Waals surface area (Å²) in [5.74, 6) is 2.60. The van der Waals surface area contributed by atoms with Gasteiger partial charge in [0.25, 0.3) is 0 Å². The summed E-state index contributed by atoms with van der Waals surface area (Å²) in [6.07, 6.45) is 6.84. The van der Waals surface area contributed by atoms with E-state index in [9.17, 15) is 0 Å². The molecule has 4 aromatic carbocycles. The molecule has 49 heavy (non-hydrogen) atoms. The van der Waals surface area contributed by atoms with Crippen LogP contribution < -0.4 is 4.74 Å². The van der Waals surface area contributed by atoms with Gasteiger partial charge in [-0.15, -0.1) is 35.7 Å². The third-order valence-corrected chi connectivity index (χ3v) is 8.95. The van der Waals surface area contributed by atoms with Gasteiger partial charge in [-0.1, -0.05) is 76.0 Å². The molecule has 0 bridgehead atoms. The average molecular weight is 826 g/mol. The van der Waals surface area contributed by atoms with Gasteiger partial charge >= 0.3 is 21.1 Å². The normalized spacial score (nSPS) is 11.8. The molecule has 250 valence electrons. The number of para-hydroxylation sites is 1. The Kier molecular flexibility index (Phi) is 9.44. The first-order valence-electron chi connectivity index (χ1n) is 16.7. The summed E-state index contributed by atoms with van der Waals surface area (Å²) in [5, 5.41) is 7.04. The van der Waals surface area contributed by atoms with Gasteiger partial charge < -0.3 is 9.30 Å². The Balaban J connectivity index is 0.00000417. The van der Waals surface area contributed by atoms with Gasteiger partial charge in [0.2, 0.25) is 0 Å². The maximum Gasteiger partial charge on any atom is 2.00 e. The summed E-state index contributed by atoms with van der Waals surface area (Å²) in [7, 11) is 0. The summed E-state index contributed by atoms with van der Waals surface area (Å²) < 4.78 is 10.7. The van der Waals surface area contributed by atoms with E-state index < -0.39 is 0 Å². The minimum atomic E-state index is -0.00385. The van der Waals surface area contributed by atoms with Crippen LogP contribution >= 0.6 is 0 Å². The van der Waals surface area contributed by atoms with E-state index in [1.165, 1.54) is 33.4 Å². The van der Waals surface area contributed by atoms with E-state index >= 15 is 0 Å². The quantitative estimate of drug-likeness (QED) is 0.150. The summed E-state index contributed by atoms with van der Waals surface area (Å²) >= 11 is 0. The number of aromatic nitrogens is 4. The van der Waals surface area contributed by atoms with Crippen molar-refractivity contribution in [3.8, 4) is 34.1 Å². The van der Waals surface area contributed by atoms with Crippen LogP contribution in [0.2, 0.25) is 0 Å². The molecule has 0 aliphatic carbocycles. The molecule has 6 heteroatoms. The molecule has 3 heterocycles. The Bertz CT molecular complexity index is 2280. The first-order valence-corrected chi connectivity index (χ1v) is 16.7. The summed E-state index contributed by atoms with van der Waals surface area (Å²) in [4.78, 5) is 4.82.